The van der Waals surface area contributed by atoms with Gasteiger partial charge in [0, 0.05) is 4.47 Å². The predicted molar refractivity (Wildman–Crippen MR) is 78.1 cm³/mol. The molecule has 96 valence electrons. The molecule has 0 saturated carbocycles. The van der Waals surface area contributed by atoms with Crippen molar-refractivity contribution < 1.29 is 0 Å². The van der Waals surface area contributed by atoms with Crippen LogP contribution in [0.1, 0.15) is 23.6 Å². The summed E-state index contributed by atoms with van der Waals surface area (Å²) in [4.78, 5) is 0. The van der Waals surface area contributed by atoms with Crippen molar-refractivity contribution >= 4 is 15.9 Å². The molecule has 1 unspecified atom stereocenters. The van der Waals surface area contributed by atoms with Gasteiger partial charge in [-0.3, -0.25) is 0 Å². The van der Waals surface area contributed by atoms with Crippen molar-refractivity contribution in [1.82, 2.24) is 0 Å². The molecule has 1 aromatic rings. The molecule has 0 aliphatic rings. The van der Waals surface area contributed by atoms with E-state index in [4.69, 9.17) is 11.5 Å². The van der Waals surface area contributed by atoms with Gasteiger partial charge in [0.1, 0.15) is 0 Å². The van der Waals surface area contributed by atoms with Crippen LogP contribution in [-0.2, 0) is 6.42 Å². The van der Waals surface area contributed by atoms with Gasteiger partial charge in [0.25, 0.3) is 0 Å². The predicted octanol–water partition coefficient (Wildman–Crippen LogP) is 2.78. The highest BCUT2D eigenvalue weighted by molar-refractivity contribution is 9.10. The summed E-state index contributed by atoms with van der Waals surface area (Å²) in [6.07, 6.45) is 1.03. The summed E-state index contributed by atoms with van der Waals surface area (Å²) in [7, 11) is 0. The van der Waals surface area contributed by atoms with E-state index in [9.17, 15) is 0 Å². The van der Waals surface area contributed by atoms with E-state index < -0.39 is 0 Å². The highest BCUT2D eigenvalue weighted by Crippen LogP contribution is 2.25. The van der Waals surface area contributed by atoms with Gasteiger partial charge in [-0.2, -0.15) is 0 Å². The largest absolute Gasteiger partial charge is 0.330 e. The molecule has 0 aliphatic carbocycles. The van der Waals surface area contributed by atoms with Gasteiger partial charge in [-0.1, -0.05) is 28.9 Å². The van der Waals surface area contributed by atoms with Crippen molar-refractivity contribution in [1.29, 1.82) is 0 Å². The van der Waals surface area contributed by atoms with E-state index in [-0.39, 0.29) is 0 Å². The summed E-state index contributed by atoms with van der Waals surface area (Å²) < 4.78 is 1.19. The Morgan fingerprint density at radius 2 is 1.65 bits per heavy atom. The lowest BCUT2D eigenvalue weighted by Crippen LogP contribution is -2.30. The van der Waals surface area contributed by atoms with E-state index in [1.54, 1.807) is 0 Å². The third-order valence-electron chi connectivity index (χ3n) is 3.61. The Morgan fingerprint density at radius 1 is 1.12 bits per heavy atom. The summed E-state index contributed by atoms with van der Waals surface area (Å²) in [6.45, 7) is 7.85. The average molecular weight is 299 g/mol. The van der Waals surface area contributed by atoms with Gasteiger partial charge in [0.15, 0.2) is 0 Å². The molecular formula is C14H23BrN2. The third-order valence-corrected chi connectivity index (χ3v) is 4.35. The quantitative estimate of drug-likeness (QED) is 0.878. The summed E-state index contributed by atoms with van der Waals surface area (Å²) in [5.41, 5.74) is 15.5. The molecule has 1 aromatic carbocycles. The molecule has 17 heavy (non-hydrogen) atoms. The van der Waals surface area contributed by atoms with E-state index in [2.05, 4.69) is 48.8 Å². The van der Waals surface area contributed by atoms with Crippen molar-refractivity contribution in [2.75, 3.05) is 13.1 Å². The van der Waals surface area contributed by atoms with Crippen LogP contribution in [0.15, 0.2) is 16.6 Å². The minimum absolute atomic E-state index is 0.406. The molecule has 0 heterocycles. The van der Waals surface area contributed by atoms with Gasteiger partial charge in [-0.05, 0) is 68.0 Å². The van der Waals surface area contributed by atoms with Crippen LogP contribution in [0.25, 0.3) is 0 Å². The summed E-state index contributed by atoms with van der Waals surface area (Å²) in [5, 5.41) is 0. The molecule has 0 spiro atoms. The van der Waals surface area contributed by atoms with Crippen LogP contribution in [0.3, 0.4) is 0 Å². The molecule has 0 aliphatic heterocycles. The molecule has 0 fully saturated rings. The Labute approximate surface area is 113 Å². The molecule has 0 amide bonds. The molecule has 4 N–H and O–H groups in total. The van der Waals surface area contributed by atoms with Crippen LogP contribution < -0.4 is 11.5 Å². The normalized spacial score (nSPS) is 13.1. The maximum atomic E-state index is 5.74. The van der Waals surface area contributed by atoms with E-state index in [1.165, 1.54) is 21.2 Å². The second-order valence-corrected chi connectivity index (χ2v) is 5.80. The van der Waals surface area contributed by atoms with Gasteiger partial charge < -0.3 is 11.5 Å². The number of halogens is 1. The Bertz CT molecular complexity index is 373. The van der Waals surface area contributed by atoms with E-state index in [0.717, 1.165) is 6.42 Å². The Kier molecular flexibility index (Phi) is 5.63. The minimum Gasteiger partial charge on any atom is -0.330 e. The van der Waals surface area contributed by atoms with Gasteiger partial charge in [0.2, 0.25) is 0 Å². The van der Waals surface area contributed by atoms with Crippen molar-refractivity contribution in [3.63, 3.8) is 0 Å². The number of benzene rings is 1. The van der Waals surface area contributed by atoms with E-state index in [1.807, 2.05) is 0 Å². The standard InChI is InChI=1S/C14H23BrN2/c1-9-4-12(14(15)6-10(9)2)5-11(3)13(7-16)8-17/h4,6,11,13H,5,7-8,16-17H2,1-3H3. The number of hydrogen-bond donors (Lipinski definition) is 2. The Hall–Kier alpha value is -0.380. The van der Waals surface area contributed by atoms with Gasteiger partial charge >= 0.3 is 0 Å². The molecule has 0 radical (unpaired) electrons. The highest BCUT2D eigenvalue weighted by Gasteiger charge is 2.16. The fourth-order valence-corrected chi connectivity index (χ4v) is 2.69. The first-order valence-corrected chi connectivity index (χ1v) is 6.94. The fraction of sp³-hybridized carbons (Fsp3) is 0.571. The lowest BCUT2D eigenvalue weighted by Gasteiger charge is -2.22. The molecule has 0 saturated heterocycles. The van der Waals surface area contributed by atoms with E-state index >= 15 is 0 Å². The molecule has 1 rings (SSSR count). The average Bonchev–Trinajstić information content (AvgIpc) is 2.27. The van der Waals surface area contributed by atoms with Crippen LogP contribution in [0, 0.1) is 25.7 Å². The summed E-state index contributed by atoms with van der Waals surface area (Å²) >= 11 is 3.64. The van der Waals surface area contributed by atoms with E-state index in [0.29, 0.717) is 24.9 Å². The maximum absolute atomic E-state index is 5.74. The monoisotopic (exact) mass is 298 g/mol. The topological polar surface area (TPSA) is 52.0 Å². The highest BCUT2D eigenvalue weighted by atomic mass is 79.9. The van der Waals surface area contributed by atoms with Gasteiger partial charge in [-0.25, -0.2) is 0 Å². The molecular weight excluding hydrogens is 276 g/mol. The smallest absolute Gasteiger partial charge is 0.0210 e. The number of rotatable bonds is 5. The summed E-state index contributed by atoms with van der Waals surface area (Å²) in [5.74, 6) is 0.923. The zero-order valence-electron chi connectivity index (χ0n) is 11.0. The minimum atomic E-state index is 0.406. The SMILES string of the molecule is Cc1cc(Br)c(CC(C)C(CN)CN)cc1C. The fourth-order valence-electron chi connectivity index (χ4n) is 2.07. The van der Waals surface area contributed by atoms with Crippen LogP contribution in [-0.4, -0.2) is 13.1 Å². The first-order chi connectivity index (χ1) is 7.99. The molecule has 0 aromatic heterocycles. The van der Waals surface area contributed by atoms with Crippen molar-refractivity contribution in [2.24, 2.45) is 23.3 Å². The van der Waals surface area contributed by atoms with Crippen LogP contribution in [0.2, 0.25) is 0 Å². The van der Waals surface area contributed by atoms with Crippen molar-refractivity contribution in [2.45, 2.75) is 27.2 Å². The van der Waals surface area contributed by atoms with Gasteiger partial charge in [0.05, 0.1) is 0 Å². The maximum Gasteiger partial charge on any atom is 0.0210 e. The third kappa shape index (κ3) is 3.80. The second kappa shape index (κ2) is 6.53. The van der Waals surface area contributed by atoms with Crippen molar-refractivity contribution in [3.05, 3.63) is 33.3 Å². The van der Waals surface area contributed by atoms with Gasteiger partial charge in [-0.15, -0.1) is 0 Å². The molecule has 0 bridgehead atoms. The first kappa shape index (κ1) is 14.7. The molecule has 2 nitrogen and oxygen atoms in total. The number of hydrogen-bond acceptors (Lipinski definition) is 2. The Morgan fingerprint density at radius 3 is 2.18 bits per heavy atom. The van der Waals surface area contributed by atoms with Crippen molar-refractivity contribution in [3.8, 4) is 0 Å². The molecule has 3 heteroatoms. The lowest BCUT2D eigenvalue weighted by molar-refractivity contribution is 0.372. The second-order valence-electron chi connectivity index (χ2n) is 4.94. The Balaban J connectivity index is 2.84. The number of nitrogens with two attached hydrogens (primary N) is 2. The lowest BCUT2D eigenvalue weighted by atomic mass is 9.87. The first-order valence-electron chi connectivity index (χ1n) is 6.15. The van der Waals surface area contributed by atoms with Crippen LogP contribution in [0.4, 0.5) is 0 Å². The zero-order chi connectivity index (χ0) is 13.0. The number of aryl methyl sites for hydroxylation is 2. The zero-order valence-corrected chi connectivity index (χ0v) is 12.5. The van der Waals surface area contributed by atoms with Crippen LogP contribution in [0.5, 0.6) is 0 Å². The summed E-state index contributed by atoms with van der Waals surface area (Å²) in [6, 6.07) is 4.46. The molecule has 1 atom stereocenters. The van der Waals surface area contributed by atoms with Crippen LogP contribution >= 0.6 is 15.9 Å².